The Morgan fingerprint density at radius 3 is 2.25 bits per heavy atom. The maximum Gasteiger partial charge on any atom is 0.407 e. The van der Waals surface area contributed by atoms with E-state index < -0.39 is 11.7 Å². The number of esters is 1. The molecule has 0 saturated carbocycles. The number of rotatable bonds is 7. The molecular weight excluding hydrogens is 258 g/mol. The first-order valence-corrected chi connectivity index (χ1v) is 7.22. The highest BCUT2D eigenvalue weighted by Gasteiger charge is 2.16. The molecule has 0 fully saturated rings. The quantitative estimate of drug-likeness (QED) is 0.577. The molecule has 0 saturated heterocycles. The van der Waals surface area contributed by atoms with Gasteiger partial charge in [0.1, 0.15) is 12.2 Å². The second kappa shape index (κ2) is 8.82. The zero-order valence-corrected chi connectivity index (χ0v) is 13.6. The monoisotopic (exact) mass is 287 g/mol. The summed E-state index contributed by atoms with van der Waals surface area (Å²) in [5.41, 5.74) is -0.521. The maximum atomic E-state index is 11.5. The van der Waals surface area contributed by atoms with E-state index in [0.717, 1.165) is 6.42 Å². The van der Waals surface area contributed by atoms with Gasteiger partial charge >= 0.3 is 12.1 Å². The van der Waals surface area contributed by atoms with Gasteiger partial charge in [0.05, 0.1) is 6.54 Å². The summed E-state index contributed by atoms with van der Waals surface area (Å²) in [6, 6.07) is 0. The Morgan fingerprint density at radius 1 is 1.15 bits per heavy atom. The Hall–Kier alpha value is -1.26. The van der Waals surface area contributed by atoms with Crippen LogP contribution in [0.3, 0.4) is 0 Å². The lowest BCUT2D eigenvalue weighted by Crippen LogP contribution is -2.34. The smallest absolute Gasteiger partial charge is 0.407 e. The van der Waals surface area contributed by atoms with Gasteiger partial charge < -0.3 is 14.8 Å². The standard InChI is InChI=1S/C15H29NO4/c1-11(2)9-12(3)10-13(17)19-8-7-16-14(18)20-15(4,5)6/h11-12H,7-10H2,1-6H3,(H,16,18). The molecule has 0 aliphatic heterocycles. The first-order valence-electron chi connectivity index (χ1n) is 7.22. The summed E-state index contributed by atoms with van der Waals surface area (Å²) in [6.45, 7) is 12.1. The molecule has 118 valence electrons. The summed E-state index contributed by atoms with van der Waals surface area (Å²) in [5.74, 6) is 0.678. The number of hydrogen-bond acceptors (Lipinski definition) is 4. The van der Waals surface area contributed by atoms with Gasteiger partial charge in [0, 0.05) is 6.42 Å². The SMILES string of the molecule is CC(C)CC(C)CC(=O)OCCNC(=O)OC(C)(C)C. The number of carbonyl (C=O) groups is 2. The number of nitrogens with one attached hydrogen (secondary N) is 1. The zero-order chi connectivity index (χ0) is 15.8. The van der Waals surface area contributed by atoms with Crippen molar-refractivity contribution in [3.8, 4) is 0 Å². The number of amides is 1. The van der Waals surface area contributed by atoms with Crippen LogP contribution in [0.15, 0.2) is 0 Å². The lowest BCUT2D eigenvalue weighted by atomic mass is 9.96. The van der Waals surface area contributed by atoms with Gasteiger partial charge in [-0.1, -0.05) is 20.8 Å². The van der Waals surface area contributed by atoms with Crippen LogP contribution in [-0.2, 0) is 14.3 Å². The Morgan fingerprint density at radius 2 is 1.75 bits per heavy atom. The van der Waals surface area contributed by atoms with Crippen LogP contribution in [0.25, 0.3) is 0 Å². The van der Waals surface area contributed by atoms with Crippen LogP contribution in [0.1, 0.15) is 54.4 Å². The van der Waals surface area contributed by atoms with Gasteiger partial charge in [-0.15, -0.1) is 0 Å². The summed E-state index contributed by atoms with van der Waals surface area (Å²) in [5, 5.41) is 2.54. The van der Waals surface area contributed by atoms with Crippen LogP contribution in [0.2, 0.25) is 0 Å². The van der Waals surface area contributed by atoms with Crippen molar-refractivity contribution in [3.63, 3.8) is 0 Å². The molecule has 1 unspecified atom stereocenters. The van der Waals surface area contributed by atoms with Gasteiger partial charge in [-0.3, -0.25) is 4.79 Å². The molecule has 0 bridgehead atoms. The Balaban J connectivity index is 3.69. The highest BCUT2D eigenvalue weighted by Crippen LogP contribution is 2.14. The van der Waals surface area contributed by atoms with Crippen LogP contribution >= 0.6 is 0 Å². The van der Waals surface area contributed by atoms with Gasteiger partial charge in [-0.2, -0.15) is 0 Å². The van der Waals surface area contributed by atoms with Gasteiger partial charge in [-0.25, -0.2) is 4.79 Å². The molecule has 0 aromatic rings. The molecule has 1 N–H and O–H groups in total. The molecule has 0 heterocycles. The fourth-order valence-electron chi connectivity index (χ4n) is 1.86. The fraction of sp³-hybridized carbons (Fsp3) is 0.867. The first kappa shape index (κ1) is 18.7. The van der Waals surface area contributed by atoms with Crippen LogP contribution in [0.4, 0.5) is 4.79 Å². The van der Waals surface area contributed by atoms with Crippen molar-refractivity contribution in [1.29, 1.82) is 0 Å². The van der Waals surface area contributed by atoms with E-state index >= 15 is 0 Å². The minimum absolute atomic E-state index is 0.173. The highest BCUT2D eigenvalue weighted by atomic mass is 16.6. The van der Waals surface area contributed by atoms with E-state index in [4.69, 9.17) is 9.47 Å². The van der Waals surface area contributed by atoms with E-state index in [0.29, 0.717) is 18.3 Å². The zero-order valence-electron chi connectivity index (χ0n) is 13.6. The minimum atomic E-state index is -0.521. The average molecular weight is 287 g/mol. The highest BCUT2D eigenvalue weighted by molar-refractivity contribution is 5.70. The van der Waals surface area contributed by atoms with E-state index in [1.165, 1.54) is 0 Å². The lowest BCUT2D eigenvalue weighted by Gasteiger charge is -2.19. The van der Waals surface area contributed by atoms with Crippen molar-refractivity contribution < 1.29 is 19.1 Å². The van der Waals surface area contributed by atoms with Crippen molar-refractivity contribution in [1.82, 2.24) is 5.32 Å². The molecule has 20 heavy (non-hydrogen) atoms. The largest absolute Gasteiger partial charge is 0.464 e. The Labute approximate surface area is 122 Å². The fourth-order valence-corrected chi connectivity index (χ4v) is 1.86. The molecule has 0 aliphatic carbocycles. The van der Waals surface area contributed by atoms with Crippen molar-refractivity contribution in [2.45, 2.75) is 60.0 Å². The van der Waals surface area contributed by atoms with Crippen molar-refractivity contribution >= 4 is 12.1 Å². The number of carbonyl (C=O) groups excluding carboxylic acids is 2. The van der Waals surface area contributed by atoms with Crippen molar-refractivity contribution in [2.24, 2.45) is 11.8 Å². The average Bonchev–Trinajstić information content (AvgIpc) is 2.20. The predicted molar refractivity (Wildman–Crippen MR) is 78.4 cm³/mol. The maximum absolute atomic E-state index is 11.5. The third kappa shape index (κ3) is 11.8. The summed E-state index contributed by atoms with van der Waals surface area (Å²) < 4.78 is 10.1. The van der Waals surface area contributed by atoms with E-state index in [2.05, 4.69) is 19.2 Å². The van der Waals surface area contributed by atoms with Gasteiger partial charge in [0.15, 0.2) is 0 Å². The molecule has 1 amide bonds. The normalized spacial score (nSPS) is 12.9. The van der Waals surface area contributed by atoms with Crippen molar-refractivity contribution in [3.05, 3.63) is 0 Å². The van der Waals surface area contributed by atoms with E-state index in [9.17, 15) is 9.59 Å². The summed E-state index contributed by atoms with van der Waals surface area (Å²) in [6.07, 6.45) is 0.928. The molecule has 0 aromatic heterocycles. The van der Waals surface area contributed by atoms with Gasteiger partial charge in [0.25, 0.3) is 0 Å². The third-order valence-electron chi connectivity index (χ3n) is 2.42. The lowest BCUT2D eigenvalue weighted by molar-refractivity contribution is -0.144. The number of ether oxygens (including phenoxy) is 2. The topological polar surface area (TPSA) is 64.6 Å². The van der Waals surface area contributed by atoms with Crippen LogP contribution in [0.5, 0.6) is 0 Å². The van der Waals surface area contributed by atoms with Gasteiger partial charge in [0.2, 0.25) is 0 Å². The molecule has 0 spiro atoms. The molecule has 5 nitrogen and oxygen atoms in total. The molecular formula is C15H29NO4. The summed E-state index contributed by atoms with van der Waals surface area (Å²) >= 11 is 0. The molecule has 1 atom stereocenters. The number of hydrogen-bond donors (Lipinski definition) is 1. The van der Waals surface area contributed by atoms with E-state index in [-0.39, 0.29) is 19.1 Å². The first-order chi connectivity index (χ1) is 9.10. The second-order valence-corrected chi connectivity index (χ2v) is 6.59. The minimum Gasteiger partial charge on any atom is -0.464 e. The van der Waals surface area contributed by atoms with Crippen LogP contribution in [0, 0.1) is 11.8 Å². The second-order valence-electron chi connectivity index (χ2n) is 6.59. The summed E-state index contributed by atoms with van der Waals surface area (Å²) in [4.78, 5) is 22.9. The number of alkyl carbamates (subject to hydrolysis) is 1. The van der Waals surface area contributed by atoms with Gasteiger partial charge in [-0.05, 0) is 39.0 Å². The third-order valence-corrected chi connectivity index (χ3v) is 2.42. The molecule has 0 aliphatic rings. The van der Waals surface area contributed by atoms with Crippen LogP contribution < -0.4 is 5.32 Å². The summed E-state index contributed by atoms with van der Waals surface area (Å²) in [7, 11) is 0. The Bertz CT molecular complexity index is 307. The predicted octanol–water partition coefficient (Wildman–Crippen LogP) is 3.13. The molecule has 0 aromatic carbocycles. The molecule has 0 radical (unpaired) electrons. The Kier molecular flexibility index (Phi) is 8.26. The molecule has 5 heteroatoms. The van der Waals surface area contributed by atoms with Crippen LogP contribution in [-0.4, -0.2) is 30.8 Å². The van der Waals surface area contributed by atoms with E-state index in [1.807, 2.05) is 6.92 Å². The molecule has 0 rings (SSSR count). The van der Waals surface area contributed by atoms with E-state index in [1.54, 1.807) is 20.8 Å². The van der Waals surface area contributed by atoms with Crippen molar-refractivity contribution in [2.75, 3.05) is 13.2 Å².